The van der Waals surface area contributed by atoms with Gasteiger partial charge in [0.1, 0.15) is 5.54 Å². The first-order chi connectivity index (χ1) is 11.0. The number of aryl methyl sites for hydroxylation is 1. The highest BCUT2D eigenvalue weighted by Crippen LogP contribution is 2.33. The molecule has 0 aromatic carbocycles. The topological polar surface area (TPSA) is 83.8 Å². The second-order valence-corrected chi connectivity index (χ2v) is 7.73. The molecule has 9 heteroatoms. The molecule has 1 atom stereocenters. The summed E-state index contributed by atoms with van der Waals surface area (Å²) in [6.45, 7) is 1.87. The first kappa shape index (κ1) is 14.7. The molecule has 1 unspecified atom stereocenters. The highest BCUT2D eigenvalue weighted by atomic mass is 32.2. The Balaban J connectivity index is 1.67. The quantitative estimate of drug-likeness (QED) is 0.817. The van der Waals surface area contributed by atoms with Gasteiger partial charge in [0, 0.05) is 22.9 Å². The number of nitrogens with one attached hydrogen (secondary N) is 1. The van der Waals surface area contributed by atoms with Crippen LogP contribution in [0, 0.1) is 6.92 Å². The normalized spacial score (nSPS) is 24.1. The molecule has 2 aliphatic rings. The maximum absolute atomic E-state index is 12.6. The van der Waals surface area contributed by atoms with Crippen molar-refractivity contribution >= 4 is 40.0 Å². The van der Waals surface area contributed by atoms with E-state index in [1.165, 1.54) is 26.7 Å². The van der Waals surface area contributed by atoms with E-state index >= 15 is 0 Å². The number of fused-ring (bicyclic) bond motifs is 1. The summed E-state index contributed by atoms with van der Waals surface area (Å²) in [5.41, 5.74) is 0.302. The lowest BCUT2D eigenvalue weighted by molar-refractivity contribution is -0.130. The minimum atomic E-state index is -0.763. The number of amides is 3. The first-order valence-electron chi connectivity index (χ1n) is 7.19. The summed E-state index contributed by atoms with van der Waals surface area (Å²) < 4.78 is 1.52. The Hall–Kier alpha value is -1.87. The van der Waals surface area contributed by atoms with E-state index in [-0.39, 0.29) is 18.0 Å². The molecule has 2 aromatic rings. The molecule has 120 valence electrons. The second-order valence-electron chi connectivity index (χ2n) is 5.79. The monoisotopic (exact) mass is 350 g/mol. The van der Waals surface area contributed by atoms with Crippen molar-refractivity contribution in [3.05, 3.63) is 33.2 Å². The third kappa shape index (κ3) is 2.18. The van der Waals surface area contributed by atoms with Crippen LogP contribution >= 0.6 is 23.1 Å². The average Bonchev–Trinajstić information content (AvgIpc) is 3.17. The summed E-state index contributed by atoms with van der Waals surface area (Å²) >= 11 is 3.03. The Bertz CT molecular complexity index is 882. The zero-order chi connectivity index (χ0) is 16.2. The summed E-state index contributed by atoms with van der Waals surface area (Å²) in [4.78, 5) is 43.1. The number of carbonyl (C=O) groups is 2. The summed E-state index contributed by atoms with van der Waals surface area (Å²) in [5.74, 6) is 1.25. The average molecular weight is 350 g/mol. The van der Waals surface area contributed by atoms with Crippen molar-refractivity contribution in [2.24, 2.45) is 0 Å². The number of urea groups is 1. The predicted molar refractivity (Wildman–Crippen MR) is 87.8 cm³/mol. The van der Waals surface area contributed by atoms with Gasteiger partial charge in [0.05, 0.1) is 12.2 Å². The largest absolute Gasteiger partial charge is 0.325 e. The number of nitrogens with zero attached hydrogens (tertiary/aromatic N) is 3. The smallest absolute Gasteiger partial charge is 0.322 e. The molecule has 2 aliphatic heterocycles. The summed E-state index contributed by atoms with van der Waals surface area (Å²) in [5, 5.41) is 4.67. The summed E-state index contributed by atoms with van der Waals surface area (Å²) in [7, 11) is 0. The molecule has 2 saturated heterocycles. The molecular weight excluding hydrogens is 336 g/mol. The van der Waals surface area contributed by atoms with E-state index in [2.05, 4.69) is 10.3 Å². The van der Waals surface area contributed by atoms with E-state index in [4.69, 9.17) is 0 Å². The number of rotatable bonds is 2. The van der Waals surface area contributed by atoms with Crippen molar-refractivity contribution in [2.45, 2.75) is 25.4 Å². The highest BCUT2D eigenvalue weighted by molar-refractivity contribution is 7.99. The Labute approximate surface area is 139 Å². The van der Waals surface area contributed by atoms with Crippen LogP contribution in [0.25, 0.3) is 4.96 Å². The van der Waals surface area contributed by atoms with Crippen LogP contribution in [0.1, 0.15) is 17.8 Å². The van der Waals surface area contributed by atoms with Gasteiger partial charge in [-0.15, -0.1) is 11.3 Å². The van der Waals surface area contributed by atoms with Gasteiger partial charge in [0.15, 0.2) is 4.96 Å². The molecule has 0 aliphatic carbocycles. The summed E-state index contributed by atoms with van der Waals surface area (Å²) in [6.07, 6.45) is 0.651. The summed E-state index contributed by atoms with van der Waals surface area (Å²) in [6, 6.07) is 0.989. The lowest BCUT2D eigenvalue weighted by atomic mass is 9.99. The van der Waals surface area contributed by atoms with Gasteiger partial charge in [-0.25, -0.2) is 9.78 Å². The maximum Gasteiger partial charge on any atom is 0.325 e. The Morgan fingerprint density at radius 1 is 1.39 bits per heavy atom. The SMILES string of the molecule is Cc1csc2nc(CN3C(=O)NC4(CCSC4)C3=O)cc(=O)n12. The molecular formula is C14H14N4O3S2. The number of thioether (sulfide) groups is 1. The number of imide groups is 1. The van der Waals surface area contributed by atoms with Gasteiger partial charge in [-0.3, -0.25) is 18.9 Å². The molecule has 0 saturated carbocycles. The van der Waals surface area contributed by atoms with Gasteiger partial charge in [-0.2, -0.15) is 11.8 Å². The molecule has 4 heterocycles. The van der Waals surface area contributed by atoms with E-state index in [9.17, 15) is 14.4 Å². The minimum Gasteiger partial charge on any atom is -0.322 e. The van der Waals surface area contributed by atoms with Gasteiger partial charge in [-0.05, 0) is 19.1 Å². The number of hydrogen-bond donors (Lipinski definition) is 1. The van der Waals surface area contributed by atoms with Gasteiger partial charge in [-0.1, -0.05) is 0 Å². The zero-order valence-corrected chi connectivity index (χ0v) is 14.0. The van der Waals surface area contributed by atoms with Gasteiger partial charge >= 0.3 is 6.03 Å². The van der Waals surface area contributed by atoms with Crippen LogP contribution in [0.5, 0.6) is 0 Å². The molecule has 7 nitrogen and oxygen atoms in total. The molecule has 4 rings (SSSR count). The molecule has 3 amide bonds. The van der Waals surface area contributed by atoms with Crippen LogP contribution < -0.4 is 10.9 Å². The molecule has 2 aromatic heterocycles. The molecule has 2 fully saturated rings. The minimum absolute atomic E-state index is 0.0276. The van der Waals surface area contributed by atoms with Crippen molar-refractivity contribution in [3.63, 3.8) is 0 Å². The lowest BCUT2D eigenvalue weighted by Gasteiger charge is -2.19. The predicted octanol–water partition coefficient (Wildman–Crippen LogP) is 0.992. The van der Waals surface area contributed by atoms with Crippen molar-refractivity contribution in [1.82, 2.24) is 19.6 Å². The highest BCUT2D eigenvalue weighted by Gasteiger charge is 2.52. The van der Waals surface area contributed by atoms with Crippen LogP contribution in [-0.2, 0) is 11.3 Å². The maximum atomic E-state index is 12.6. The Morgan fingerprint density at radius 3 is 2.96 bits per heavy atom. The van der Waals surface area contributed by atoms with Crippen LogP contribution in [0.3, 0.4) is 0 Å². The van der Waals surface area contributed by atoms with Crippen LogP contribution in [0.2, 0.25) is 0 Å². The van der Waals surface area contributed by atoms with E-state index in [1.807, 2.05) is 12.3 Å². The fraction of sp³-hybridized carbons (Fsp3) is 0.429. The van der Waals surface area contributed by atoms with Crippen molar-refractivity contribution in [3.8, 4) is 0 Å². The molecule has 1 N–H and O–H groups in total. The van der Waals surface area contributed by atoms with Crippen molar-refractivity contribution in [1.29, 1.82) is 0 Å². The van der Waals surface area contributed by atoms with Gasteiger partial charge < -0.3 is 5.32 Å². The fourth-order valence-corrected chi connectivity index (χ4v) is 5.21. The van der Waals surface area contributed by atoms with Crippen molar-refractivity contribution in [2.75, 3.05) is 11.5 Å². The van der Waals surface area contributed by atoms with Crippen LogP contribution in [0.15, 0.2) is 16.2 Å². The third-order valence-electron chi connectivity index (χ3n) is 4.22. The van der Waals surface area contributed by atoms with Gasteiger partial charge in [0.2, 0.25) is 0 Å². The molecule has 0 bridgehead atoms. The molecule has 1 spiro atoms. The van der Waals surface area contributed by atoms with Crippen LogP contribution in [0.4, 0.5) is 4.79 Å². The van der Waals surface area contributed by atoms with Gasteiger partial charge in [0.25, 0.3) is 11.5 Å². The molecule has 23 heavy (non-hydrogen) atoms. The Kier molecular flexibility index (Phi) is 3.24. The number of thiazole rings is 1. The van der Waals surface area contributed by atoms with Crippen molar-refractivity contribution < 1.29 is 9.59 Å². The van der Waals surface area contributed by atoms with E-state index in [0.29, 0.717) is 22.8 Å². The van der Waals surface area contributed by atoms with Crippen LogP contribution in [-0.4, -0.2) is 43.3 Å². The third-order valence-corrected chi connectivity index (χ3v) is 6.35. The second kappa shape index (κ2) is 5.07. The zero-order valence-electron chi connectivity index (χ0n) is 12.4. The van der Waals surface area contributed by atoms with E-state index in [0.717, 1.165) is 11.4 Å². The first-order valence-corrected chi connectivity index (χ1v) is 9.22. The fourth-order valence-electron chi connectivity index (χ4n) is 3.00. The molecule has 0 radical (unpaired) electrons. The Morgan fingerprint density at radius 2 is 2.22 bits per heavy atom. The number of aromatic nitrogens is 2. The van der Waals surface area contributed by atoms with E-state index < -0.39 is 11.6 Å². The number of carbonyl (C=O) groups excluding carboxylic acids is 2. The number of hydrogen-bond acceptors (Lipinski definition) is 6. The van der Waals surface area contributed by atoms with E-state index in [1.54, 1.807) is 11.8 Å². The lowest BCUT2D eigenvalue weighted by Crippen LogP contribution is -2.46. The standard InChI is InChI=1S/C14H14N4O3S2/c1-8-6-23-13-15-9(4-10(19)18(8)13)5-17-11(20)14(16-12(17)21)2-3-22-7-14/h4,6H,2-3,5,7H2,1H3,(H,16,21).